The van der Waals surface area contributed by atoms with E-state index in [2.05, 4.69) is 24.5 Å². The Hall–Kier alpha value is -0.910. The number of rotatable bonds is 5. The highest BCUT2D eigenvalue weighted by atomic mass is 19.3. The zero-order valence-corrected chi connectivity index (χ0v) is 9.20. The zero-order chi connectivity index (χ0) is 13.6. The lowest BCUT2D eigenvalue weighted by molar-refractivity contribution is -0.208. The lowest BCUT2D eigenvalue weighted by Crippen LogP contribution is -2.43. The molecule has 0 heterocycles. The molecule has 1 unspecified atom stereocenters. The number of ether oxygens (including phenoxy) is 1. The van der Waals surface area contributed by atoms with E-state index in [0.717, 1.165) is 7.11 Å². The van der Waals surface area contributed by atoms with Crippen molar-refractivity contribution in [1.29, 1.82) is 0 Å². The molecule has 0 aliphatic carbocycles. The second kappa shape index (κ2) is 6.62. The van der Waals surface area contributed by atoms with E-state index in [4.69, 9.17) is 0 Å². The van der Waals surface area contributed by atoms with Crippen molar-refractivity contribution in [3.8, 4) is 0 Å². The van der Waals surface area contributed by atoms with Gasteiger partial charge in [0.25, 0.3) is 0 Å². The fraction of sp³-hybridized carbons (Fsp3) is 0.600. The molecular formula is C10H15F5O. The highest BCUT2D eigenvalue weighted by Crippen LogP contribution is 2.42. The molecule has 0 saturated heterocycles. The van der Waals surface area contributed by atoms with Crippen molar-refractivity contribution in [1.82, 2.24) is 0 Å². The lowest BCUT2D eigenvalue weighted by Gasteiger charge is -2.26. The standard InChI is InChI=1S/C8H11F5O.C2H4/c1-5(14-3)4-7(10,11)8(12,13)6(2)9;1-2/h5H,2,4H2,1,3H3;1-2H2. The maximum atomic E-state index is 12.8. The van der Waals surface area contributed by atoms with Crippen LogP contribution in [-0.4, -0.2) is 25.1 Å². The molecule has 1 nitrogen and oxygen atoms in total. The van der Waals surface area contributed by atoms with Gasteiger partial charge in [-0.3, -0.25) is 0 Å². The number of hydrogen-bond donors (Lipinski definition) is 0. The van der Waals surface area contributed by atoms with Gasteiger partial charge in [0, 0.05) is 13.5 Å². The Kier molecular flexibility index (Phi) is 7.24. The van der Waals surface area contributed by atoms with E-state index in [1.807, 2.05) is 0 Å². The van der Waals surface area contributed by atoms with Crippen molar-refractivity contribution in [2.24, 2.45) is 0 Å². The molecule has 0 aliphatic rings. The summed E-state index contributed by atoms with van der Waals surface area (Å²) in [5, 5.41) is 0. The van der Waals surface area contributed by atoms with E-state index in [0.29, 0.717) is 0 Å². The second-order valence-electron chi connectivity index (χ2n) is 2.93. The lowest BCUT2D eigenvalue weighted by atomic mass is 10.0. The van der Waals surface area contributed by atoms with Crippen molar-refractivity contribution >= 4 is 0 Å². The number of halogens is 5. The predicted molar refractivity (Wildman–Crippen MR) is 52.5 cm³/mol. The normalized spacial score (nSPS) is 13.7. The van der Waals surface area contributed by atoms with Crippen LogP contribution in [0.1, 0.15) is 13.3 Å². The van der Waals surface area contributed by atoms with Crippen LogP contribution in [0, 0.1) is 0 Å². The molecule has 1 atom stereocenters. The van der Waals surface area contributed by atoms with Gasteiger partial charge in [0.1, 0.15) is 0 Å². The second-order valence-corrected chi connectivity index (χ2v) is 2.93. The third-order valence-corrected chi connectivity index (χ3v) is 1.75. The zero-order valence-electron chi connectivity index (χ0n) is 9.20. The molecule has 0 radical (unpaired) electrons. The molecule has 0 rings (SSSR count). The maximum absolute atomic E-state index is 12.8. The first-order valence-electron chi connectivity index (χ1n) is 4.28. The SMILES string of the molecule is C=C.C=C(F)C(F)(F)C(F)(F)CC(C)OC. The third kappa shape index (κ3) is 4.30. The van der Waals surface area contributed by atoms with Gasteiger partial charge in [-0.05, 0) is 6.92 Å². The summed E-state index contributed by atoms with van der Waals surface area (Å²) in [5.74, 6) is -11.7. The van der Waals surface area contributed by atoms with Crippen molar-refractivity contribution in [2.75, 3.05) is 7.11 Å². The van der Waals surface area contributed by atoms with Gasteiger partial charge in [-0.2, -0.15) is 17.6 Å². The summed E-state index contributed by atoms with van der Waals surface area (Å²) in [4.78, 5) is 0. The highest BCUT2D eigenvalue weighted by Gasteiger charge is 2.59. The highest BCUT2D eigenvalue weighted by molar-refractivity contribution is 5.06. The number of methoxy groups -OCH3 is 1. The van der Waals surface area contributed by atoms with Crippen molar-refractivity contribution in [3.63, 3.8) is 0 Å². The van der Waals surface area contributed by atoms with Gasteiger partial charge in [0.05, 0.1) is 6.10 Å². The Labute approximate surface area is 91.6 Å². The molecule has 0 fully saturated rings. The Bertz CT molecular complexity index is 227. The average Bonchev–Trinajstić information content (AvgIpc) is 2.19. The van der Waals surface area contributed by atoms with Crippen LogP contribution in [0.15, 0.2) is 25.6 Å². The number of allylic oxidation sites excluding steroid dienone is 1. The maximum Gasteiger partial charge on any atom is 0.360 e. The van der Waals surface area contributed by atoms with Gasteiger partial charge in [0.15, 0.2) is 5.83 Å². The summed E-state index contributed by atoms with van der Waals surface area (Å²) >= 11 is 0. The Balaban J connectivity index is 0. The minimum Gasteiger partial charge on any atom is -0.382 e. The summed E-state index contributed by atoms with van der Waals surface area (Å²) in [6.45, 7) is 9.37. The van der Waals surface area contributed by atoms with Crippen molar-refractivity contribution in [3.05, 3.63) is 25.6 Å². The average molecular weight is 246 g/mol. The molecule has 6 heteroatoms. The van der Waals surface area contributed by atoms with E-state index in [-0.39, 0.29) is 0 Å². The van der Waals surface area contributed by atoms with Crippen LogP contribution in [0.5, 0.6) is 0 Å². The monoisotopic (exact) mass is 246 g/mol. The molecule has 0 amide bonds. The van der Waals surface area contributed by atoms with E-state index < -0.39 is 30.2 Å². The smallest absolute Gasteiger partial charge is 0.360 e. The van der Waals surface area contributed by atoms with Crippen LogP contribution < -0.4 is 0 Å². The summed E-state index contributed by atoms with van der Waals surface area (Å²) in [7, 11) is 1.10. The summed E-state index contributed by atoms with van der Waals surface area (Å²) in [5.41, 5.74) is 0. The molecule has 0 aliphatic heterocycles. The molecule has 0 spiro atoms. The minimum atomic E-state index is -4.85. The van der Waals surface area contributed by atoms with Gasteiger partial charge in [-0.15, -0.1) is 13.2 Å². The van der Waals surface area contributed by atoms with E-state index in [1.165, 1.54) is 6.92 Å². The molecule has 0 aromatic heterocycles. The Morgan fingerprint density at radius 3 is 1.88 bits per heavy atom. The van der Waals surface area contributed by atoms with Gasteiger partial charge >= 0.3 is 11.8 Å². The van der Waals surface area contributed by atoms with Crippen LogP contribution in [0.3, 0.4) is 0 Å². The number of hydrogen-bond acceptors (Lipinski definition) is 1. The summed E-state index contributed by atoms with van der Waals surface area (Å²) in [6, 6.07) is 0. The van der Waals surface area contributed by atoms with Crippen molar-refractivity contribution in [2.45, 2.75) is 31.3 Å². The topological polar surface area (TPSA) is 9.23 Å². The van der Waals surface area contributed by atoms with Crippen LogP contribution in [0.4, 0.5) is 22.0 Å². The molecule has 0 aromatic rings. The van der Waals surface area contributed by atoms with E-state index in [1.54, 1.807) is 0 Å². The largest absolute Gasteiger partial charge is 0.382 e. The molecule has 0 N–H and O–H groups in total. The van der Waals surface area contributed by atoms with Crippen LogP contribution in [0.2, 0.25) is 0 Å². The Morgan fingerprint density at radius 1 is 1.25 bits per heavy atom. The van der Waals surface area contributed by atoms with Gasteiger partial charge < -0.3 is 4.74 Å². The van der Waals surface area contributed by atoms with Crippen molar-refractivity contribution < 1.29 is 26.7 Å². The van der Waals surface area contributed by atoms with Crippen LogP contribution in [0.25, 0.3) is 0 Å². The molecule has 0 bridgehead atoms. The fourth-order valence-corrected chi connectivity index (χ4v) is 0.771. The molecule has 0 saturated carbocycles. The fourth-order valence-electron chi connectivity index (χ4n) is 0.771. The first-order valence-corrected chi connectivity index (χ1v) is 4.28. The van der Waals surface area contributed by atoms with Gasteiger partial charge in [-0.25, -0.2) is 4.39 Å². The van der Waals surface area contributed by atoms with Crippen LogP contribution in [-0.2, 0) is 4.74 Å². The summed E-state index contributed by atoms with van der Waals surface area (Å²) < 4.78 is 67.1. The molecule has 16 heavy (non-hydrogen) atoms. The first-order chi connectivity index (χ1) is 7.15. The molecule has 96 valence electrons. The first kappa shape index (κ1) is 17.5. The van der Waals surface area contributed by atoms with Gasteiger partial charge in [0.2, 0.25) is 0 Å². The number of alkyl halides is 4. The van der Waals surface area contributed by atoms with E-state index >= 15 is 0 Å². The van der Waals surface area contributed by atoms with Crippen LogP contribution >= 0.6 is 0 Å². The minimum absolute atomic E-state index is 1.09. The Morgan fingerprint density at radius 2 is 1.62 bits per heavy atom. The van der Waals surface area contributed by atoms with Gasteiger partial charge in [-0.1, -0.05) is 6.58 Å². The third-order valence-electron chi connectivity index (χ3n) is 1.75. The predicted octanol–water partition coefficient (Wildman–Crippen LogP) is 3.97. The molecule has 0 aromatic carbocycles. The quantitative estimate of drug-likeness (QED) is 0.527. The molecular weight excluding hydrogens is 231 g/mol. The summed E-state index contributed by atoms with van der Waals surface area (Å²) in [6.07, 6.45) is -2.35. The van der Waals surface area contributed by atoms with E-state index in [9.17, 15) is 22.0 Å².